The lowest BCUT2D eigenvalue weighted by molar-refractivity contribution is -0.0458. The molecule has 0 bridgehead atoms. The van der Waals surface area contributed by atoms with Crippen molar-refractivity contribution < 1.29 is 9.47 Å². The molecule has 0 aliphatic carbocycles. The second kappa shape index (κ2) is 7.44. The molecule has 0 aromatic carbocycles. The molecule has 0 saturated carbocycles. The van der Waals surface area contributed by atoms with Gasteiger partial charge < -0.3 is 19.3 Å². The molecule has 0 spiro atoms. The lowest BCUT2D eigenvalue weighted by atomic mass is 10.00. The van der Waals surface area contributed by atoms with Crippen LogP contribution in [0.25, 0.3) is 11.2 Å². The van der Waals surface area contributed by atoms with E-state index in [2.05, 4.69) is 42.5 Å². The minimum Gasteiger partial charge on any atom is -0.372 e. The zero-order valence-corrected chi connectivity index (χ0v) is 17.4. The van der Waals surface area contributed by atoms with Gasteiger partial charge in [-0.3, -0.25) is 0 Å². The fraction of sp³-hybridized carbons (Fsp3) is 0.667. The van der Waals surface area contributed by atoms with Crippen molar-refractivity contribution in [1.29, 1.82) is 0 Å². The number of aromatic nitrogens is 3. The quantitative estimate of drug-likeness (QED) is 0.801. The molecule has 2 saturated heterocycles. The zero-order chi connectivity index (χ0) is 19.8. The Kier molecular flexibility index (Phi) is 5.14. The Hall–Kier alpha value is -1.99. The number of rotatable bonds is 4. The Morgan fingerprint density at radius 2 is 1.50 bits per heavy atom. The van der Waals surface area contributed by atoms with E-state index in [1.807, 2.05) is 12.1 Å². The van der Waals surface area contributed by atoms with Gasteiger partial charge in [-0.1, -0.05) is 13.8 Å². The van der Waals surface area contributed by atoms with Gasteiger partial charge in [0.15, 0.2) is 17.3 Å². The molecule has 4 rings (SSSR count). The maximum atomic E-state index is 6.05. The minimum atomic E-state index is -0.167. The highest BCUT2D eigenvalue weighted by atomic mass is 16.5. The first-order chi connectivity index (χ1) is 13.5. The van der Waals surface area contributed by atoms with Crippen LogP contribution < -0.4 is 9.80 Å². The monoisotopic (exact) mass is 385 g/mol. The number of ether oxygens (including phenoxy) is 2. The average Bonchev–Trinajstić information content (AvgIpc) is 2.73. The van der Waals surface area contributed by atoms with Crippen LogP contribution in [-0.2, 0) is 9.47 Å². The number of pyridine rings is 1. The van der Waals surface area contributed by atoms with E-state index >= 15 is 0 Å². The third-order valence-electron chi connectivity index (χ3n) is 6.17. The summed E-state index contributed by atoms with van der Waals surface area (Å²) in [5, 5.41) is 0. The molecule has 2 aliphatic rings. The lowest BCUT2D eigenvalue weighted by Gasteiger charge is -2.44. The number of hydrogen-bond donors (Lipinski definition) is 0. The van der Waals surface area contributed by atoms with Gasteiger partial charge in [-0.25, -0.2) is 15.0 Å². The second-order valence-corrected chi connectivity index (χ2v) is 8.36. The van der Waals surface area contributed by atoms with Crippen molar-refractivity contribution in [2.75, 3.05) is 49.2 Å². The lowest BCUT2D eigenvalue weighted by Crippen LogP contribution is -2.52. The topological polar surface area (TPSA) is 63.6 Å². The molecule has 28 heavy (non-hydrogen) atoms. The molecule has 0 N–H and O–H groups in total. The normalized spacial score (nSPS) is 28.7. The molecular weight excluding hydrogens is 354 g/mol. The van der Waals surface area contributed by atoms with Gasteiger partial charge in [0.2, 0.25) is 0 Å². The predicted octanol–water partition coefficient (Wildman–Crippen LogP) is 3.04. The summed E-state index contributed by atoms with van der Waals surface area (Å²) in [6.45, 7) is 13.3. The summed E-state index contributed by atoms with van der Waals surface area (Å²) in [5.41, 5.74) is 1.19. The zero-order valence-electron chi connectivity index (χ0n) is 17.4. The molecule has 2 fully saturated rings. The van der Waals surface area contributed by atoms with Crippen LogP contribution in [-0.4, -0.2) is 65.5 Å². The fourth-order valence-electron chi connectivity index (χ4n) is 3.95. The van der Waals surface area contributed by atoms with Gasteiger partial charge in [0, 0.05) is 32.4 Å². The SMILES string of the molecule is CCC1(C)CN(c2nc3cccnc3nc2N2CCOC(C)(CC)C2)CCO1. The van der Waals surface area contributed by atoms with Crippen molar-refractivity contribution >= 4 is 22.8 Å². The summed E-state index contributed by atoms with van der Waals surface area (Å²) in [6, 6.07) is 3.90. The first-order valence-electron chi connectivity index (χ1n) is 10.4. The van der Waals surface area contributed by atoms with E-state index in [-0.39, 0.29) is 11.2 Å². The van der Waals surface area contributed by atoms with Gasteiger partial charge in [-0.15, -0.1) is 0 Å². The molecule has 2 aromatic rings. The molecule has 4 heterocycles. The van der Waals surface area contributed by atoms with Gasteiger partial charge in [0.25, 0.3) is 0 Å². The van der Waals surface area contributed by atoms with Crippen LogP contribution in [0.3, 0.4) is 0 Å². The summed E-state index contributed by atoms with van der Waals surface area (Å²) in [5.74, 6) is 1.85. The Morgan fingerprint density at radius 3 is 2.07 bits per heavy atom. The maximum absolute atomic E-state index is 6.05. The van der Waals surface area contributed by atoms with Crippen molar-refractivity contribution in [1.82, 2.24) is 15.0 Å². The van der Waals surface area contributed by atoms with Crippen LogP contribution >= 0.6 is 0 Å². The van der Waals surface area contributed by atoms with Gasteiger partial charge in [-0.05, 0) is 38.8 Å². The van der Waals surface area contributed by atoms with Crippen molar-refractivity contribution in [2.45, 2.75) is 51.7 Å². The van der Waals surface area contributed by atoms with E-state index in [9.17, 15) is 0 Å². The van der Waals surface area contributed by atoms with E-state index in [0.29, 0.717) is 18.9 Å². The van der Waals surface area contributed by atoms with Gasteiger partial charge >= 0.3 is 0 Å². The molecule has 7 nitrogen and oxygen atoms in total. The molecule has 0 radical (unpaired) electrons. The third kappa shape index (κ3) is 3.65. The molecule has 2 atom stereocenters. The highest BCUT2D eigenvalue weighted by Gasteiger charge is 2.36. The van der Waals surface area contributed by atoms with Crippen molar-refractivity contribution in [3.8, 4) is 0 Å². The number of fused-ring (bicyclic) bond motifs is 1. The Labute approximate surface area is 167 Å². The Balaban J connectivity index is 1.77. The molecule has 2 aromatic heterocycles. The third-order valence-corrected chi connectivity index (χ3v) is 6.17. The molecule has 2 unspecified atom stereocenters. The number of hydrogen-bond acceptors (Lipinski definition) is 7. The smallest absolute Gasteiger partial charge is 0.180 e. The Morgan fingerprint density at radius 1 is 0.929 bits per heavy atom. The van der Waals surface area contributed by atoms with Crippen molar-refractivity contribution in [3.05, 3.63) is 18.3 Å². The van der Waals surface area contributed by atoms with Crippen LogP contribution in [0.15, 0.2) is 18.3 Å². The average molecular weight is 386 g/mol. The minimum absolute atomic E-state index is 0.163. The Bertz CT molecular complexity index is 778. The summed E-state index contributed by atoms with van der Waals surface area (Å²) in [6.07, 6.45) is 3.70. The molecule has 2 aliphatic heterocycles. The van der Waals surface area contributed by atoms with Crippen LogP contribution in [0.5, 0.6) is 0 Å². The molecule has 0 amide bonds. The summed E-state index contributed by atoms with van der Waals surface area (Å²) in [4.78, 5) is 19.1. The van der Waals surface area contributed by atoms with Crippen LogP contribution in [0, 0.1) is 0 Å². The second-order valence-electron chi connectivity index (χ2n) is 8.36. The number of nitrogens with zero attached hydrogens (tertiary/aromatic N) is 5. The van der Waals surface area contributed by atoms with Gasteiger partial charge in [0.05, 0.1) is 24.4 Å². The van der Waals surface area contributed by atoms with E-state index in [1.54, 1.807) is 6.20 Å². The molecule has 7 heteroatoms. The fourth-order valence-corrected chi connectivity index (χ4v) is 3.95. The molecule has 152 valence electrons. The van der Waals surface area contributed by atoms with E-state index in [4.69, 9.17) is 19.4 Å². The largest absolute Gasteiger partial charge is 0.372 e. The van der Waals surface area contributed by atoms with Crippen LogP contribution in [0.1, 0.15) is 40.5 Å². The van der Waals surface area contributed by atoms with Crippen molar-refractivity contribution in [3.63, 3.8) is 0 Å². The number of morpholine rings is 2. The first kappa shape index (κ1) is 19.3. The van der Waals surface area contributed by atoms with Gasteiger partial charge in [-0.2, -0.15) is 0 Å². The van der Waals surface area contributed by atoms with Crippen LogP contribution in [0.4, 0.5) is 11.6 Å². The standard InChI is InChI=1S/C21H31N5O2/c1-5-20(3)14-25(10-12-27-20)18-19(24-17-16(23-18)8-7-9-22-17)26-11-13-28-21(4,6-2)15-26/h7-9H,5-6,10-15H2,1-4H3. The van der Waals surface area contributed by atoms with Crippen LogP contribution in [0.2, 0.25) is 0 Å². The highest BCUT2D eigenvalue weighted by Crippen LogP contribution is 2.34. The molecular formula is C21H31N5O2. The highest BCUT2D eigenvalue weighted by molar-refractivity contribution is 5.78. The van der Waals surface area contributed by atoms with Crippen molar-refractivity contribution in [2.24, 2.45) is 0 Å². The number of anilines is 2. The summed E-state index contributed by atoms with van der Waals surface area (Å²) >= 11 is 0. The first-order valence-corrected chi connectivity index (χ1v) is 10.4. The van der Waals surface area contributed by atoms with E-state index in [0.717, 1.165) is 56.2 Å². The maximum Gasteiger partial charge on any atom is 0.180 e. The van der Waals surface area contributed by atoms with E-state index in [1.165, 1.54) is 0 Å². The summed E-state index contributed by atoms with van der Waals surface area (Å²) in [7, 11) is 0. The van der Waals surface area contributed by atoms with E-state index < -0.39 is 0 Å². The predicted molar refractivity (Wildman–Crippen MR) is 111 cm³/mol. The van der Waals surface area contributed by atoms with Gasteiger partial charge in [0.1, 0.15) is 5.52 Å². The summed E-state index contributed by atoms with van der Waals surface area (Å²) < 4.78 is 12.1.